The molecular weight excluding hydrogens is 461 g/mol. The number of halogens is 2. The Morgan fingerprint density at radius 1 is 1.09 bits per heavy atom. The third-order valence-electron chi connectivity index (χ3n) is 5.35. The van der Waals surface area contributed by atoms with E-state index in [9.17, 15) is 9.18 Å². The van der Waals surface area contributed by atoms with Crippen LogP contribution < -0.4 is 10.7 Å². The first-order valence-electron chi connectivity index (χ1n) is 10.3. The lowest BCUT2D eigenvalue weighted by Gasteiger charge is -2.33. The van der Waals surface area contributed by atoms with Gasteiger partial charge in [-0.05, 0) is 30.7 Å². The fourth-order valence-electron chi connectivity index (χ4n) is 3.64. The van der Waals surface area contributed by atoms with E-state index in [4.69, 9.17) is 11.6 Å². The summed E-state index contributed by atoms with van der Waals surface area (Å²) in [5.41, 5.74) is 6.85. The average molecular weight is 480 g/mol. The Labute approximate surface area is 199 Å². The predicted molar refractivity (Wildman–Crippen MR) is 128 cm³/mol. The number of carbonyl (C=O) groups excluding carboxylic acids is 1. The van der Waals surface area contributed by atoms with Gasteiger partial charge in [0.1, 0.15) is 11.1 Å². The summed E-state index contributed by atoms with van der Waals surface area (Å²) in [6, 6.07) is 21.5. The van der Waals surface area contributed by atoms with Crippen molar-refractivity contribution in [1.29, 1.82) is 0 Å². The molecule has 0 aliphatic carbocycles. The molecule has 2 heterocycles. The highest BCUT2D eigenvalue weighted by molar-refractivity contribution is 8.00. The second kappa shape index (κ2) is 8.88. The van der Waals surface area contributed by atoms with E-state index in [0.29, 0.717) is 16.7 Å². The van der Waals surface area contributed by atoms with Crippen molar-refractivity contribution in [3.63, 3.8) is 0 Å². The smallest absolute Gasteiger partial charge is 0.240 e. The summed E-state index contributed by atoms with van der Waals surface area (Å²) in [4.78, 5) is 13.3. The van der Waals surface area contributed by atoms with Crippen molar-refractivity contribution in [1.82, 2.24) is 14.9 Å². The molecule has 2 N–H and O–H groups in total. The number of hydrogen-bond acceptors (Lipinski definition) is 5. The molecule has 1 amide bonds. The van der Waals surface area contributed by atoms with Crippen molar-refractivity contribution in [2.24, 2.45) is 0 Å². The van der Waals surface area contributed by atoms with Gasteiger partial charge in [-0.3, -0.25) is 4.79 Å². The number of aryl methyl sites for hydroxylation is 1. The maximum Gasteiger partial charge on any atom is 0.240 e. The lowest BCUT2D eigenvalue weighted by Crippen LogP contribution is -2.41. The highest BCUT2D eigenvalue weighted by Gasteiger charge is 2.38. The number of anilines is 1. The van der Waals surface area contributed by atoms with E-state index in [0.717, 1.165) is 16.7 Å². The number of aromatic nitrogens is 3. The minimum Gasteiger partial charge on any atom is -0.325 e. The van der Waals surface area contributed by atoms with Crippen LogP contribution in [0.1, 0.15) is 17.2 Å². The van der Waals surface area contributed by atoms with Gasteiger partial charge < -0.3 is 10.7 Å². The zero-order valence-electron chi connectivity index (χ0n) is 17.5. The van der Waals surface area contributed by atoms with Crippen LogP contribution >= 0.6 is 23.4 Å². The Kier molecular flexibility index (Phi) is 5.78. The van der Waals surface area contributed by atoms with Crippen molar-refractivity contribution >= 4 is 35.0 Å². The van der Waals surface area contributed by atoms with Crippen molar-refractivity contribution < 1.29 is 9.18 Å². The van der Waals surface area contributed by atoms with Crippen LogP contribution in [-0.4, -0.2) is 26.0 Å². The SMILES string of the molecule is Cc1ccc([C@H]2Nn3c(nnc3-c3ccccc3)S[C@H]2C(=O)Nc2ccc(F)c(Cl)c2)cc1. The number of thioether (sulfide) groups is 1. The molecular formula is C24H19ClFN5OS. The third kappa shape index (κ3) is 4.31. The number of carbonyl (C=O) groups is 1. The number of benzene rings is 3. The van der Waals surface area contributed by atoms with Gasteiger partial charge >= 0.3 is 0 Å². The predicted octanol–water partition coefficient (Wildman–Crippen LogP) is 5.44. The molecule has 3 aromatic carbocycles. The molecule has 5 rings (SSSR count). The minimum atomic E-state index is -0.558. The molecule has 4 aromatic rings. The Bertz CT molecular complexity index is 1310. The highest BCUT2D eigenvalue weighted by atomic mass is 35.5. The summed E-state index contributed by atoms with van der Waals surface area (Å²) in [5, 5.41) is 11.5. The molecule has 0 saturated heterocycles. The molecule has 33 heavy (non-hydrogen) atoms. The standard InChI is InChI=1S/C24H19ClFN5OS/c1-14-7-9-15(10-8-14)20-21(23(32)27-17-11-12-19(26)18(25)13-17)33-24-29-28-22(31(24)30-20)16-5-3-2-4-6-16/h2-13,20-21,30H,1H3,(H,27,32)/t20-,21-/m1/s1. The van der Waals surface area contributed by atoms with Gasteiger partial charge in [0.15, 0.2) is 5.82 Å². The largest absolute Gasteiger partial charge is 0.325 e. The summed E-state index contributed by atoms with van der Waals surface area (Å²) < 4.78 is 15.4. The van der Waals surface area contributed by atoms with Gasteiger partial charge in [0, 0.05) is 11.3 Å². The van der Waals surface area contributed by atoms with E-state index in [2.05, 4.69) is 20.9 Å². The van der Waals surface area contributed by atoms with Crippen LogP contribution in [0.3, 0.4) is 0 Å². The molecule has 0 fully saturated rings. The minimum absolute atomic E-state index is 0.0513. The van der Waals surface area contributed by atoms with E-state index in [-0.39, 0.29) is 17.0 Å². The van der Waals surface area contributed by atoms with Gasteiger partial charge in [0.05, 0.1) is 11.1 Å². The molecule has 6 nitrogen and oxygen atoms in total. The number of amides is 1. The Morgan fingerprint density at radius 2 is 1.85 bits per heavy atom. The topological polar surface area (TPSA) is 71.8 Å². The van der Waals surface area contributed by atoms with Crippen LogP contribution in [0.15, 0.2) is 78.0 Å². The van der Waals surface area contributed by atoms with Gasteiger partial charge in [-0.1, -0.05) is 83.5 Å². The summed E-state index contributed by atoms with van der Waals surface area (Å²) in [5.74, 6) is -0.127. The summed E-state index contributed by atoms with van der Waals surface area (Å²) >= 11 is 7.21. The molecule has 0 saturated carbocycles. The first-order valence-corrected chi connectivity index (χ1v) is 11.5. The maximum absolute atomic E-state index is 13.5. The van der Waals surface area contributed by atoms with E-state index in [1.807, 2.05) is 66.2 Å². The normalized spacial score (nSPS) is 17.2. The molecule has 9 heteroatoms. The molecule has 1 aliphatic rings. The van der Waals surface area contributed by atoms with Crippen LogP contribution in [0.4, 0.5) is 10.1 Å². The van der Waals surface area contributed by atoms with E-state index < -0.39 is 11.1 Å². The monoisotopic (exact) mass is 479 g/mol. The third-order valence-corrected chi connectivity index (χ3v) is 6.86. The van der Waals surface area contributed by atoms with Gasteiger partial charge in [-0.15, -0.1) is 10.2 Å². The zero-order chi connectivity index (χ0) is 22.9. The van der Waals surface area contributed by atoms with Crippen LogP contribution in [0.25, 0.3) is 11.4 Å². The number of rotatable bonds is 4. The van der Waals surface area contributed by atoms with E-state index in [1.165, 1.54) is 30.0 Å². The quantitative estimate of drug-likeness (QED) is 0.407. The van der Waals surface area contributed by atoms with Gasteiger partial charge in [0.2, 0.25) is 11.1 Å². The van der Waals surface area contributed by atoms with Crippen LogP contribution in [0.5, 0.6) is 0 Å². The number of fused-ring (bicyclic) bond motifs is 1. The van der Waals surface area contributed by atoms with Crippen molar-refractivity contribution in [3.05, 3.63) is 94.8 Å². The molecule has 1 aliphatic heterocycles. The first-order chi connectivity index (χ1) is 16.0. The fraction of sp³-hybridized carbons (Fsp3) is 0.125. The molecule has 0 bridgehead atoms. The van der Waals surface area contributed by atoms with Gasteiger partial charge in [0.25, 0.3) is 0 Å². The van der Waals surface area contributed by atoms with Crippen LogP contribution in [0.2, 0.25) is 5.02 Å². The van der Waals surface area contributed by atoms with Crippen molar-refractivity contribution in [2.45, 2.75) is 23.4 Å². The molecule has 2 atom stereocenters. The molecule has 0 radical (unpaired) electrons. The summed E-state index contributed by atoms with van der Waals surface area (Å²) in [6.07, 6.45) is 0. The van der Waals surface area contributed by atoms with Crippen molar-refractivity contribution in [3.8, 4) is 11.4 Å². The molecule has 0 spiro atoms. The van der Waals surface area contributed by atoms with Crippen LogP contribution in [-0.2, 0) is 4.79 Å². The molecule has 166 valence electrons. The lowest BCUT2D eigenvalue weighted by molar-refractivity contribution is -0.116. The van der Waals surface area contributed by atoms with E-state index in [1.54, 1.807) is 0 Å². The summed E-state index contributed by atoms with van der Waals surface area (Å²) in [6.45, 7) is 2.01. The second-order valence-electron chi connectivity index (χ2n) is 7.68. The Hall–Kier alpha value is -3.36. The zero-order valence-corrected chi connectivity index (χ0v) is 19.1. The summed E-state index contributed by atoms with van der Waals surface area (Å²) in [7, 11) is 0. The van der Waals surface area contributed by atoms with Gasteiger partial charge in [-0.2, -0.15) is 0 Å². The lowest BCUT2D eigenvalue weighted by atomic mass is 10.0. The molecule has 0 unspecified atom stereocenters. The Balaban J connectivity index is 1.50. The maximum atomic E-state index is 13.5. The van der Waals surface area contributed by atoms with E-state index >= 15 is 0 Å². The first kappa shape index (κ1) is 21.5. The van der Waals surface area contributed by atoms with Crippen LogP contribution in [0, 0.1) is 12.7 Å². The number of nitrogens with zero attached hydrogens (tertiary/aromatic N) is 3. The second-order valence-corrected chi connectivity index (χ2v) is 9.20. The molecule has 1 aromatic heterocycles. The fourth-order valence-corrected chi connectivity index (χ4v) is 4.90. The highest BCUT2D eigenvalue weighted by Crippen LogP contribution is 2.39. The number of hydrogen-bond donors (Lipinski definition) is 2. The average Bonchev–Trinajstić information content (AvgIpc) is 3.25. The Morgan fingerprint density at radius 3 is 2.58 bits per heavy atom. The van der Waals surface area contributed by atoms with Gasteiger partial charge in [-0.25, -0.2) is 9.07 Å². The number of nitrogens with one attached hydrogen (secondary N) is 2. The van der Waals surface area contributed by atoms with Crippen molar-refractivity contribution in [2.75, 3.05) is 10.7 Å².